The number of nitrogens with zero attached hydrogens (tertiary/aromatic N) is 3. The van der Waals surface area contributed by atoms with Crippen LogP contribution in [0.4, 0.5) is 19.0 Å². The van der Waals surface area contributed by atoms with Crippen LogP contribution in [-0.4, -0.2) is 39.8 Å². The van der Waals surface area contributed by atoms with Gasteiger partial charge in [-0.1, -0.05) is 0 Å². The number of rotatable bonds is 4. The number of hydrogen-bond donors (Lipinski definition) is 3. The first-order chi connectivity index (χ1) is 13.0. The van der Waals surface area contributed by atoms with Crippen LogP contribution in [0.3, 0.4) is 0 Å². The monoisotopic (exact) mass is 378 g/mol. The van der Waals surface area contributed by atoms with Crippen molar-refractivity contribution in [1.29, 1.82) is 0 Å². The number of aromatic nitrogens is 4. The first kappa shape index (κ1) is 17.7. The zero-order valence-electron chi connectivity index (χ0n) is 14.5. The first-order valence-electron chi connectivity index (χ1n) is 8.84. The Labute approximate surface area is 155 Å². The van der Waals surface area contributed by atoms with Gasteiger partial charge < -0.3 is 10.6 Å². The number of pyridine rings is 2. The fourth-order valence-corrected chi connectivity index (χ4v) is 3.35. The molecule has 0 spiro atoms. The minimum atomic E-state index is -4.52. The van der Waals surface area contributed by atoms with Crippen LogP contribution < -0.4 is 10.6 Å². The Balaban J connectivity index is 0.00000225. The van der Waals surface area contributed by atoms with E-state index in [9.17, 15) is 13.2 Å². The lowest BCUT2D eigenvalue weighted by atomic mass is 10.00. The molecule has 0 radical (unpaired) electrons. The molecule has 0 amide bonds. The van der Waals surface area contributed by atoms with Crippen LogP contribution in [0.5, 0.6) is 0 Å². The number of hydrogen-bond acceptors (Lipinski definition) is 5. The number of piperidine rings is 1. The van der Waals surface area contributed by atoms with E-state index in [4.69, 9.17) is 0 Å². The van der Waals surface area contributed by atoms with E-state index in [0.29, 0.717) is 29.3 Å². The summed E-state index contributed by atoms with van der Waals surface area (Å²) < 4.78 is 40.6. The summed E-state index contributed by atoms with van der Waals surface area (Å²) >= 11 is 0. The molecule has 1 aliphatic heterocycles. The molecule has 0 aliphatic carbocycles. The van der Waals surface area contributed by atoms with Crippen LogP contribution in [0.25, 0.3) is 22.4 Å². The van der Waals surface area contributed by atoms with Gasteiger partial charge in [-0.15, -0.1) is 0 Å². The molecule has 0 aromatic carbocycles. The number of halogens is 3. The van der Waals surface area contributed by atoms with E-state index in [0.717, 1.165) is 32.0 Å². The predicted molar refractivity (Wildman–Crippen MR) is 98.3 cm³/mol. The molecule has 1 saturated heterocycles. The second-order valence-electron chi connectivity index (χ2n) is 6.66. The molecule has 144 valence electrons. The van der Waals surface area contributed by atoms with Gasteiger partial charge in [-0.2, -0.15) is 18.3 Å². The summed E-state index contributed by atoms with van der Waals surface area (Å²) in [5.41, 5.74) is -0.408. The summed E-state index contributed by atoms with van der Waals surface area (Å²) in [7, 11) is 0. The van der Waals surface area contributed by atoms with Crippen LogP contribution in [0.15, 0.2) is 30.5 Å². The van der Waals surface area contributed by atoms with Crippen LogP contribution in [0.2, 0.25) is 0 Å². The lowest BCUT2D eigenvalue weighted by molar-refractivity contribution is -0.137. The molecule has 4 rings (SSSR count). The Morgan fingerprint density at radius 2 is 2.15 bits per heavy atom. The first-order valence-corrected chi connectivity index (χ1v) is 8.84. The van der Waals surface area contributed by atoms with Crippen molar-refractivity contribution in [2.24, 2.45) is 5.92 Å². The largest absolute Gasteiger partial charge is 0.418 e. The summed E-state index contributed by atoms with van der Waals surface area (Å²) in [6.07, 6.45) is -0.787. The van der Waals surface area contributed by atoms with Gasteiger partial charge in [0.1, 0.15) is 11.5 Å². The molecule has 0 saturated carbocycles. The minimum absolute atomic E-state index is 0. The van der Waals surface area contributed by atoms with E-state index >= 15 is 0 Å². The smallest absolute Gasteiger partial charge is 0.370 e. The van der Waals surface area contributed by atoms with E-state index in [2.05, 4.69) is 30.8 Å². The molecule has 4 heterocycles. The van der Waals surface area contributed by atoms with E-state index < -0.39 is 11.7 Å². The van der Waals surface area contributed by atoms with Gasteiger partial charge in [-0.05, 0) is 56.1 Å². The van der Waals surface area contributed by atoms with Crippen LogP contribution in [0, 0.1) is 5.92 Å². The Morgan fingerprint density at radius 1 is 1.26 bits per heavy atom. The third-order valence-electron chi connectivity index (χ3n) is 4.74. The maximum Gasteiger partial charge on any atom is 0.418 e. The molecular formula is C18H21F3N6. The second kappa shape index (κ2) is 7.15. The fourth-order valence-electron chi connectivity index (χ4n) is 3.35. The minimum Gasteiger partial charge on any atom is -0.370 e. The molecule has 1 unspecified atom stereocenters. The van der Waals surface area contributed by atoms with Gasteiger partial charge in [0, 0.05) is 19.6 Å². The molecule has 1 aliphatic rings. The molecule has 1 fully saturated rings. The molecule has 9 heteroatoms. The highest BCUT2D eigenvalue weighted by Crippen LogP contribution is 2.38. The number of fused-ring (bicyclic) bond motifs is 1. The van der Waals surface area contributed by atoms with Crippen LogP contribution >= 0.6 is 0 Å². The molecule has 6 nitrogen and oxygen atoms in total. The quantitative estimate of drug-likeness (QED) is 0.645. The second-order valence-corrected chi connectivity index (χ2v) is 6.66. The van der Waals surface area contributed by atoms with Crippen molar-refractivity contribution < 1.29 is 14.6 Å². The molecule has 3 aromatic rings. The Kier molecular flexibility index (Phi) is 4.69. The summed E-state index contributed by atoms with van der Waals surface area (Å²) in [6.45, 7) is 2.58. The van der Waals surface area contributed by atoms with Crippen LogP contribution in [-0.2, 0) is 6.18 Å². The van der Waals surface area contributed by atoms with Crippen molar-refractivity contribution in [1.82, 2.24) is 25.5 Å². The van der Waals surface area contributed by atoms with E-state index in [1.54, 1.807) is 18.3 Å². The standard InChI is InChI=1S/C18H19F3N6.H2/c19-18(20,21)13-5-6-14(24-10-11-3-1-7-22-9-11)25-16(13)15-12-4-2-8-23-17(12)27-26-15;/h2,4-6,8,11,22H,1,3,7,9-10H2,(H,24,25)(H,23,26,27);1H. The van der Waals surface area contributed by atoms with Gasteiger partial charge >= 0.3 is 6.18 Å². The van der Waals surface area contributed by atoms with Gasteiger partial charge in [0.05, 0.1) is 11.3 Å². The van der Waals surface area contributed by atoms with Crippen molar-refractivity contribution in [3.63, 3.8) is 0 Å². The van der Waals surface area contributed by atoms with E-state index in [1.165, 1.54) is 6.07 Å². The Hall–Kier alpha value is -2.68. The normalized spacial score (nSPS) is 18.0. The SMILES string of the molecule is FC(F)(F)c1ccc(NCC2CCCNC2)nc1-c1[nH]nc2ncccc12.[HH]. The van der Waals surface area contributed by atoms with Gasteiger partial charge in [0.25, 0.3) is 0 Å². The molecule has 3 aromatic heterocycles. The third-order valence-corrected chi connectivity index (χ3v) is 4.74. The van der Waals surface area contributed by atoms with Crippen molar-refractivity contribution in [3.05, 3.63) is 36.0 Å². The number of H-pyrrole nitrogens is 1. The van der Waals surface area contributed by atoms with E-state index in [-0.39, 0.29) is 12.8 Å². The van der Waals surface area contributed by atoms with Crippen molar-refractivity contribution in [3.8, 4) is 11.4 Å². The zero-order chi connectivity index (χ0) is 18.9. The molecule has 0 bridgehead atoms. The lowest BCUT2D eigenvalue weighted by Crippen LogP contribution is -2.33. The number of anilines is 1. The fraction of sp³-hybridized carbons (Fsp3) is 0.389. The molecule has 27 heavy (non-hydrogen) atoms. The lowest BCUT2D eigenvalue weighted by Gasteiger charge is -2.23. The predicted octanol–water partition coefficient (Wildman–Crippen LogP) is 3.70. The topological polar surface area (TPSA) is 78.5 Å². The number of nitrogens with one attached hydrogen (secondary N) is 3. The summed E-state index contributed by atoms with van der Waals surface area (Å²) in [6, 6.07) is 5.77. The summed E-state index contributed by atoms with van der Waals surface area (Å²) in [5.74, 6) is 0.846. The van der Waals surface area contributed by atoms with Gasteiger partial charge in [-0.3, -0.25) is 5.10 Å². The molecule has 3 N–H and O–H groups in total. The molecular weight excluding hydrogens is 357 g/mol. The maximum atomic E-state index is 13.5. The Morgan fingerprint density at radius 3 is 2.93 bits per heavy atom. The highest BCUT2D eigenvalue weighted by atomic mass is 19.4. The Bertz CT molecular complexity index is 936. The van der Waals surface area contributed by atoms with Gasteiger partial charge in [-0.25, -0.2) is 9.97 Å². The van der Waals surface area contributed by atoms with Crippen molar-refractivity contribution in [2.75, 3.05) is 25.0 Å². The molecule has 1 atom stereocenters. The van der Waals surface area contributed by atoms with Crippen molar-refractivity contribution >= 4 is 16.9 Å². The number of alkyl halides is 3. The van der Waals surface area contributed by atoms with Crippen molar-refractivity contribution in [2.45, 2.75) is 19.0 Å². The third kappa shape index (κ3) is 3.73. The maximum absolute atomic E-state index is 13.5. The summed E-state index contributed by atoms with van der Waals surface area (Å²) in [5, 5.41) is 13.7. The highest BCUT2D eigenvalue weighted by Gasteiger charge is 2.35. The zero-order valence-corrected chi connectivity index (χ0v) is 14.5. The average molecular weight is 378 g/mol. The van der Waals surface area contributed by atoms with Gasteiger partial charge in [0.15, 0.2) is 5.65 Å². The highest BCUT2D eigenvalue weighted by molar-refractivity contribution is 5.90. The number of aromatic amines is 1. The van der Waals surface area contributed by atoms with Gasteiger partial charge in [0.2, 0.25) is 0 Å². The van der Waals surface area contributed by atoms with E-state index in [1.807, 2.05) is 0 Å². The van der Waals surface area contributed by atoms with Crippen LogP contribution in [0.1, 0.15) is 19.8 Å². The average Bonchev–Trinajstić information content (AvgIpc) is 3.10. The summed E-state index contributed by atoms with van der Waals surface area (Å²) in [4.78, 5) is 8.33.